The van der Waals surface area contributed by atoms with Crippen molar-refractivity contribution < 1.29 is 9.90 Å². The van der Waals surface area contributed by atoms with Crippen LogP contribution in [0.1, 0.15) is 10.5 Å². The second-order valence-corrected chi connectivity index (χ2v) is 3.90. The maximum atomic E-state index is 10.8. The maximum Gasteiger partial charge on any atom is 0.356 e. The maximum absolute atomic E-state index is 10.8. The molecule has 5 heteroatoms. The van der Waals surface area contributed by atoms with Gasteiger partial charge in [-0.25, -0.2) is 9.78 Å². The fourth-order valence-corrected chi connectivity index (χ4v) is 1.82. The summed E-state index contributed by atoms with van der Waals surface area (Å²) >= 11 is 3.31. The first-order chi connectivity index (χ1) is 7.09. The second kappa shape index (κ2) is 3.51. The minimum Gasteiger partial charge on any atom is -0.476 e. The molecule has 0 bridgehead atoms. The number of nitrogens with zero attached hydrogens (tertiary/aromatic N) is 1. The zero-order valence-electron chi connectivity index (χ0n) is 7.57. The van der Waals surface area contributed by atoms with Crippen LogP contribution in [0, 0.1) is 0 Å². The average molecular weight is 267 g/mol. The second-order valence-electron chi connectivity index (χ2n) is 3.04. The number of para-hydroxylation sites is 1. The highest BCUT2D eigenvalue weighted by Crippen LogP contribution is 2.25. The first-order valence-corrected chi connectivity index (χ1v) is 4.97. The number of halogens is 1. The number of carbonyl (C=O) groups is 1. The predicted molar refractivity (Wildman–Crippen MR) is 60.8 cm³/mol. The van der Waals surface area contributed by atoms with E-state index in [2.05, 4.69) is 20.9 Å². The summed E-state index contributed by atoms with van der Waals surface area (Å²) in [5.41, 5.74) is 6.24. The van der Waals surface area contributed by atoms with E-state index in [0.717, 1.165) is 9.86 Å². The van der Waals surface area contributed by atoms with E-state index < -0.39 is 5.97 Å². The van der Waals surface area contributed by atoms with Crippen LogP contribution < -0.4 is 5.73 Å². The zero-order valence-corrected chi connectivity index (χ0v) is 9.15. The summed E-state index contributed by atoms with van der Waals surface area (Å²) in [5, 5.41) is 9.67. The minimum atomic E-state index is -1.12. The van der Waals surface area contributed by atoms with Crippen LogP contribution in [-0.4, -0.2) is 16.1 Å². The Bertz CT molecular complexity index is 554. The van der Waals surface area contributed by atoms with Crippen molar-refractivity contribution in [3.63, 3.8) is 0 Å². The number of hydrogen-bond donors (Lipinski definition) is 2. The van der Waals surface area contributed by atoms with Crippen molar-refractivity contribution in [3.8, 4) is 0 Å². The van der Waals surface area contributed by atoms with E-state index in [1.807, 2.05) is 12.1 Å². The third-order valence-corrected chi connectivity index (χ3v) is 2.67. The number of anilines is 1. The Hall–Kier alpha value is -1.62. The highest BCUT2D eigenvalue weighted by atomic mass is 79.9. The molecular formula is C10H7BrN2O2. The summed E-state index contributed by atoms with van der Waals surface area (Å²) in [4.78, 5) is 14.8. The Morgan fingerprint density at radius 1 is 1.47 bits per heavy atom. The van der Waals surface area contributed by atoms with Gasteiger partial charge in [-0.05, 0) is 28.1 Å². The summed E-state index contributed by atoms with van der Waals surface area (Å²) < 4.78 is 0.752. The molecule has 0 radical (unpaired) electrons. The van der Waals surface area contributed by atoms with Gasteiger partial charge in [0.25, 0.3) is 0 Å². The number of benzene rings is 1. The molecule has 2 aromatic rings. The van der Waals surface area contributed by atoms with Crippen LogP contribution in [0.2, 0.25) is 0 Å². The molecule has 4 nitrogen and oxygen atoms in total. The molecule has 0 aliphatic heterocycles. The standard InChI is InChI=1S/C10H7BrN2O2/c11-6-3-1-2-5-4-7(12)9(10(14)15)13-8(5)6/h1-4H,12H2,(H,14,15). The van der Waals surface area contributed by atoms with Crippen LogP contribution >= 0.6 is 15.9 Å². The molecule has 0 aliphatic rings. The summed E-state index contributed by atoms with van der Waals surface area (Å²) in [5.74, 6) is -1.12. The van der Waals surface area contributed by atoms with Gasteiger partial charge in [-0.3, -0.25) is 0 Å². The number of rotatable bonds is 1. The number of nitrogens with two attached hydrogens (primary N) is 1. The van der Waals surface area contributed by atoms with Gasteiger partial charge in [0.15, 0.2) is 5.69 Å². The van der Waals surface area contributed by atoms with Crippen LogP contribution in [0.4, 0.5) is 5.69 Å². The Morgan fingerprint density at radius 3 is 2.87 bits per heavy atom. The lowest BCUT2D eigenvalue weighted by Crippen LogP contribution is -2.05. The van der Waals surface area contributed by atoms with Crippen LogP contribution in [0.15, 0.2) is 28.7 Å². The van der Waals surface area contributed by atoms with E-state index in [0.29, 0.717) is 5.52 Å². The van der Waals surface area contributed by atoms with Crippen molar-refractivity contribution in [1.29, 1.82) is 0 Å². The van der Waals surface area contributed by atoms with Gasteiger partial charge >= 0.3 is 5.97 Å². The monoisotopic (exact) mass is 266 g/mol. The van der Waals surface area contributed by atoms with Crippen molar-refractivity contribution in [2.45, 2.75) is 0 Å². The molecule has 0 aliphatic carbocycles. The van der Waals surface area contributed by atoms with E-state index in [1.165, 1.54) is 0 Å². The van der Waals surface area contributed by atoms with E-state index in [1.54, 1.807) is 12.1 Å². The van der Waals surface area contributed by atoms with Crippen molar-refractivity contribution in [2.75, 3.05) is 5.73 Å². The largest absolute Gasteiger partial charge is 0.476 e. The molecule has 2 rings (SSSR count). The summed E-state index contributed by atoms with van der Waals surface area (Å²) in [6.45, 7) is 0. The molecule has 76 valence electrons. The molecule has 0 fully saturated rings. The van der Waals surface area contributed by atoms with Crippen molar-refractivity contribution in [3.05, 3.63) is 34.4 Å². The normalized spacial score (nSPS) is 10.5. The number of fused-ring (bicyclic) bond motifs is 1. The smallest absolute Gasteiger partial charge is 0.356 e. The van der Waals surface area contributed by atoms with Gasteiger partial charge in [0.05, 0.1) is 11.2 Å². The third kappa shape index (κ3) is 1.66. The molecule has 1 heterocycles. The first-order valence-electron chi connectivity index (χ1n) is 4.17. The number of aromatic carboxylic acids is 1. The Balaban J connectivity index is 2.83. The summed E-state index contributed by atoms with van der Waals surface area (Å²) in [7, 11) is 0. The zero-order chi connectivity index (χ0) is 11.0. The van der Waals surface area contributed by atoms with Crippen molar-refractivity contribution >= 4 is 38.5 Å². The van der Waals surface area contributed by atoms with Gasteiger partial charge in [-0.15, -0.1) is 0 Å². The number of hydrogen-bond acceptors (Lipinski definition) is 3. The molecule has 0 atom stereocenters. The number of carboxylic acid groups (broad SMARTS) is 1. The van der Waals surface area contributed by atoms with E-state index in [4.69, 9.17) is 10.8 Å². The Morgan fingerprint density at radius 2 is 2.20 bits per heavy atom. The Kier molecular flexibility index (Phi) is 2.32. The molecule has 0 unspecified atom stereocenters. The lowest BCUT2D eigenvalue weighted by molar-refractivity contribution is 0.0692. The lowest BCUT2D eigenvalue weighted by atomic mass is 10.2. The van der Waals surface area contributed by atoms with E-state index in [-0.39, 0.29) is 11.4 Å². The highest BCUT2D eigenvalue weighted by Gasteiger charge is 2.12. The molecule has 15 heavy (non-hydrogen) atoms. The van der Waals surface area contributed by atoms with Gasteiger partial charge in [0, 0.05) is 9.86 Å². The van der Waals surface area contributed by atoms with Crippen LogP contribution in [0.5, 0.6) is 0 Å². The molecular weight excluding hydrogens is 260 g/mol. The van der Waals surface area contributed by atoms with Crippen LogP contribution in [0.25, 0.3) is 10.9 Å². The summed E-state index contributed by atoms with van der Waals surface area (Å²) in [6, 6.07) is 7.08. The molecule has 0 saturated heterocycles. The lowest BCUT2D eigenvalue weighted by Gasteiger charge is -2.04. The fraction of sp³-hybridized carbons (Fsp3) is 0. The van der Waals surface area contributed by atoms with Gasteiger partial charge in [0.2, 0.25) is 0 Å². The quantitative estimate of drug-likeness (QED) is 0.831. The minimum absolute atomic E-state index is 0.116. The van der Waals surface area contributed by atoms with Crippen molar-refractivity contribution in [1.82, 2.24) is 4.98 Å². The van der Waals surface area contributed by atoms with Crippen molar-refractivity contribution in [2.24, 2.45) is 0 Å². The van der Waals surface area contributed by atoms with Gasteiger partial charge < -0.3 is 10.8 Å². The topological polar surface area (TPSA) is 76.2 Å². The van der Waals surface area contributed by atoms with Crippen LogP contribution in [0.3, 0.4) is 0 Å². The number of pyridine rings is 1. The highest BCUT2D eigenvalue weighted by molar-refractivity contribution is 9.10. The number of aromatic nitrogens is 1. The molecule has 0 spiro atoms. The number of nitrogen functional groups attached to an aromatic ring is 1. The van der Waals surface area contributed by atoms with E-state index >= 15 is 0 Å². The van der Waals surface area contributed by atoms with E-state index in [9.17, 15) is 4.79 Å². The Labute approximate surface area is 93.9 Å². The fourth-order valence-electron chi connectivity index (χ4n) is 1.35. The first kappa shape index (κ1) is 9.92. The molecule has 1 aromatic heterocycles. The molecule has 0 saturated carbocycles. The van der Waals surface area contributed by atoms with Gasteiger partial charge in [-0.1, -0.05) is 12.1 Å². The molecule has 0 amide bonds. The summed E-state index contributed by atoms with van der Waals surface area (Å²) in [6.07, 6.45) is 0. The SMILES string of the molecule is Nc1cc2cccc(Br)c2nc1C(=O)O. The average Bonchev–Trinajstić information content (AvgIpc) is 2.16. The molecule has 1 aromatic carbocycles. The number of carboxylic acids is 1. The molecule has 3 N–H and O–H groups in total. The van der Waals surface area contributed by atoms with Gasteiger partial charge in [0.1, 0.15) is 0 Å². The predicted octanol–water partition coefficient (Wildman–Crippen LogP) is 2.28. The van der Waals surface area contributed by atoms with Gasteiger partial charge in [-0.2, -0.15) is 0 Å². The third-order valence-electron chi connectivity index (χ3n) is 2.03. The van der Waals surface area contributed by atoms with Crippen LogP contribution in [-0.2, 0) is 0 Å².